The number of nitrogens with one attached hydrogen (secondary N) is 1. The number of nitrogens with zero attached hydrogens (tertiary/aromatic N) is 1. The minimum Gasteiger partial charge on any atom is -0.380 e. The lowest BCUT2D eigenvalue weighted by Gasteiger charge is -2.19. The number of oxime groups is 1. The van der Waals surface area contributed by atoms with Crippen LogP contribution in [0.25, 0.3) is 0 Å². The van der Waals surface area contributed by atoms with Gasteiger partial charge in [0.2, 0.25) is 5.91 Å². The lowest BCUT2D eigenvalue weighted by atomic mass is 9.98. The maximum Gasteiger partial charge on any atom is 0.332 e. The highest BCUT2D eigenvalue weighted by Crippen LogP contribution is 2.11. The van der Waals surface area contributed by atoms with Gasteiger partial charge in [-0.2, -0.15) is 0 Å². The number of amides is 1. The molecule has 7 heteroatoms. The SMILES string of the molecule is C#CC[C@@H](CC)C(=O)N[C@@H](CC#C)C(=O)CCc1ccc(/C(N)=N/OC(C)=O)cc1. The molecule has 30 heavy (non-hydrogen) atoms. The number of nitrogens with two attached hydrogens (primary N) is 1. The normalized spacial score (nSPS) is 12.7. The van der Waals surface area contributed by atoms with Crippen molar-refractivity contribution in [2.45, 2.75) is 52.0 Å². The monoisotopic (exact) mass is 409 g/mol. The minimum absolute atomic E-state index is 0.0714. The Morgan fingerprint density at radius 1 is 1.17 bits per heavy atom. The molecule has 1 aromatic rings. The molecule has 3 N–H and O–H groups in total. The molecule has 0 saturated heterocycles. The van der Waals surface area contributed by atoms with Gasteiger partial charge < -0.3 is 15.9 Å². The molecule has 1 amide bonds. The predicted molar refractivity (Wildman–Crippen MR) is 115 cm³/mol. The van der Waals surface area contributed by atoms with E-state index < -0.39 is 12.0 Å². The zero-order valence-corrected chi connectivity index (χ0v) is 17.3. The van der Waals surface area contributed by atoms with E-state index in [4.69, 9.17) is 18.6 Å². The van der Waals surface area contributed by atoms with E-state index in [2.05, 4.69) is 27.2 Å². The minimum atomic E-state index is -0.736. The molecule has 158 valence electrons. The van der Waals surface area contributed by atoms with Crippen LogP contribution in [0.15, 0.2) is 29.4 Å². The molecule has 0 saturated carbocycles. The van der Waals surface area contributed by atoms with Crippen LogP contribution in [0, 0.1) is 30.6 Å². The largest absolute Gasteiger partial charge is 0.380 e. The summed E-state index contributed by atoms with van der Waals surface area (Å²) < 4.78 is 0. The molecule has 0 fully saturated rings. The van der Waals surface area contributed by atoms with Crippen LogP contribution in [0.1, 0.15) is 50.7 Å². The van der Waals surface area contributed by atoms with E-state index in [-0.39, 0.29) is 36.3 Å². The fourth-order valence-corrected chi connectivity index (χ4v) is 2.67. The lowest BCUT2D eigenvalue weighted by Crippen LogP contribution is -2.43. The first-order chi connectivity index (χ1) is 14.3. The summed E-state index contributed by atoms with van der Waals surface area (Å²) in [5, 5.41) is 6.26. The fraction of sp³-hybridized carbons (Fsp3) is 0.391. The number of hydrogen-bond donors (Lipinski definition) is 2. The Hall–Kier alpha value is -3.58. The molecule has 0 radical (unpaired) electrons. The van der Waals surface area contributed by atoms with Crippen molar-refractivity contribution in [3.05, 3.63) is 35.4 Å². The second kappa shape index (κ2) is 12.8. The summed E-state index contributed by atoms with van der Waals surface area (Å²) in [6.45, 7) is 3.09. The Morgan fingerprint density at radius 3 is 2.33 bits per heavy atom. The van der Waals surface area contributed by atoms with Crippen LogP contribution in [-0.2, 0) is 25.6 Å². The number of carbonyl (C=O) groups excluding carboxylic acids is 3. The van der Waals surface area contributed by atoms with Gasteiger partial charge in [-0.15, -0.1) is 24.7 Å². The smallest absolute Gasteiger partial charge is 0.332 e. The summed E-state index contributed by atoms with van der Waals surface area (Å²) in [5.41, 5.74) is 7.23. The van der Waals surface area contributed by atoms with Gasteiger partial charge in [0.25, 0.3) is 0 Å². The third-order valence-corrected chi connectivity index (χ3v) is 4.44. The van der Waals surface area contributed by atoms with Gasteiger partial charge >= 0.3 is 5.97 Å². The van der Waals surface area contributed by atoms with Crippen molar-refractivity contribution in [1.29, 1.82) is 0 Å². The summed E-state index contributed by atoms with van der Waals surface area (Å²) >= 11 is 0. The van der Waals surface area contributed by atoms with E-state index in [9.17, 15) is 14.4 Å². The Labute approximate surface area is 177 Å². The van der Waals surface area contributed by atoms with Crippen molar-refractivity contribution in [3.63, 3.8) is 0 Å². The van der Waals surface area contributed by atoms with Crippen molar-refractivity contribution in [3.8, 4) is 24.7 Å². The van der Waals surface area contributed by atoms with Crippen molar-refractivity contribution in [2.75, 3.05) is 0 Å². The maximum absolute atomic E-state index is 12.6. The average molecular weight is 409 g/mol. The third-order valence-electron chi connectivity index (χ3n) is 4.44. The van der Waals surface area contributed by atoms with E-state index in [0.717, 1.165) is 5.56 Å². The molecule has 0 bridgehead atoms. The fourth-order valence-electron chi connectivity index (χ4n) is 2.67. The quantitative estimate of drug-likeness (QED) is 0.191. The van der Waals surface area contributed by atoms with Crippen LogP contribution >= 0.6 is 0 Å². The van der Waals surface area contributed by atoms with Gasteiger partial charge in [0, 0.05) is 37.7 Å². The number of ketones is 1. The molecule has 0 spiro atoms. The van der Waals surface area contributed by atoms with E-state index in [1.54, 1.807) is 24.3 Å². The van der Waals surface area contributed by atoms with Crippen LogP contribution in [0.3, 0.4) is 0 Å². The Morgan fingerprint density at radius 2 is 1.80 bits per heavy atom. The van der Waals surface area contributed by atoms with Gasteiger partial charge in [-0.05, 0) is 18.4 Å². The maximum atomic E-state index is 12.6. The third kappa shape index (κ3) is 8.20. The molecule has 0 aliphatic heterocycles. The number of terminal acetylenes is 2. The highest BCUT2D eigenvalue weighted by Gasteiger charge is 2.23. The van der Waals surface area contributed by atoms with Crippen molar-refractivity contribution >= 4 is 23.5 Å². The van der Waals surface area contributed by atoms with Crippen molar-refractivity contribution in [1.82, 2.24) is 5.32 Å². The first-order valence-corrected chi connectivity index (χ1v) is 9.62. The molecule has 0 aromatic heterocycles. The van der Waals surface area contributed by atoms with Gasteiger partial charge in [-0.3, -0.25) is 9.59 Å². The van der Waals surface area contributed by atoms with Crippen LogP contribution in [-0.4, -0.2) is 29.5 Å². The van der Waals surface area contributed by atoms with Crippen LogP contribution in [0.4, 0.5) is 0 Å². The Bertz CT molecular complexity index is 860. The van der Waals surface area contributed by atoms with E-state index in [1.165, 1.54) is 6.92 Å². The van der Waals surface area contributed by atoms with Gasteiger partial charge in [-0.1, -0.05) is 36.3 Å². The highest BCUT2D eigenvalue weighted by atomic mass is 16.7. The Balaban J connectivity index is 2.70. The van der Waals surface area contributed by atoms with Gasteiger partial charge in [0.1, 0.15) is 0 Å². The number of amidine groups is 1. The summed E-state index contributed by atoms with van der Waals surface area (Å²) in [4.78, 5) is 40.2. The average Bonchev–Trinajstić information content (AvgIpc) is 2.73. The van der Waals surface area contributed by atoms with Gasteiger partial charge in [-0.25, -0.2) is 4.79 Å². The number of aryl methyl sites for hydroxylation is 1. The van der Waals surface area contributed by atoms with E-state index in [1.807, 2.05) is 6.92 Å². The summed E-state index contributed by atoms with van der Waals surface area (Å²) in [6, 6.07) is 6.30. The standard InChI is InChI=1S/C23H27N3O4/c1-5-8-18(7-3)23(29)25-20(9-6-2)21(28)15-12-17-10-13-19(14-11-17)22(24)26-30-16(4)27/h1-2,10-11,13-14,18,20H,7-9,12,15H2,3-4H3,(H2,24,26)(H,25,29)/t18-,20+/m1/s1. The zero-order chi connectivity index (χ0) is 22.5. The predicted octanol–water partition coefficient (Wildman–Crippen LogP) is 1.93. The first kappa shape index (κ1) is 24.5. The molecule has 1 rings (SSSR count). The number of rotatable bonds is 11. The molecule has 0 aliphatic rings. The van der Waals surface area contributed by atoms with Gasteiger partial charge in [0.15, 0.2) is 11.6 Å². The second-order valence-electron chi connectivity index (χ2n) is 6.71. The first-order valence-electron chi connectivity index (χ1n) is 9.62. The molecule has 1 aromatic carbocycles. The number of Topliss-reactive ketones (excluding diaryl/α,β-unsaturated/α-hetero) is 1. The second-order valence-corrected chi connectivity index (χ2v) is 6.71. The summed E-state index contributed by atoms with van der Waals surface area (Å²) in [5.74, 6) is 3.69. The zero-order valence-electron chi connectivity index (χ0n) is 17.3. The van der Waals surface area contributed by atoms with Crippen LogP contribution < -0.4 is 11.1 Å². The Kier molecular flexibility index (Phi) is 10.4. The molecule has 0 unspecified atom stereocenters. The van der Waals surface area contributed by atoms with E-state index in [0.29, 0.717) is 24.8 Å². The van der Waals surface area contributed by atoms with Crippen LogP contribution in [0.2, 0.25) is 0 Å². The summed E-state index contributed by atoms with van der Waals surface area (Å²) in [6.07, 6.45) is 12.4. The molecule has 7 nitrogen and oxygen atoms in total. The van der Waals surface area contributed by atoms with Gasteiger partial charge in [0.05, 0.1) is 6.04 Å². The van der Waals surface area contributed by atoms with Crippen molar-refractivity contribution in [2.24, 2.45) is 16.8 Å². The molecule has 0 aliphatic carbocycles. The molecule has 2 atom stereocenters. The highest BCUT2D eigenvalue weighted by molar-refractivity contribution is 5.97. The number of benzene rings is 1. The molecule has 0 heterocycles. The lowest BCUT2D eigenvalue weighted by molar-refractivity contribution is -0.141. The van der Waals surface area contributed by atoms with Crippen LogP contribution in [0.5, 0.6) is 0 Å². The van der Waals surface area contributed by atoms with Crippen molar-refractivity contribution < 1.29 is 19.2 Å². The topological polar surface area (TPSA) is 111 Å². The summed E-state index contributed by atoms with van der Waals surface area (Å²) in [7, 11) is 0. The number of hydrogen-bond acceptors (Lipinski definition) is 5. The number of carbonyl (C=O) groups is 3. The van der Waals surface area contributed by atoms with E-state index >= 15 is 0 Å². The molecular formula is C23H27N3O4. The molecular weight excluding hydrogens is 382 g/mol.